The average molecular weight is 258 g/mol. The molecular weight excluding hydrogens is 228 g/mol. The molecule has 0 rings (SSSR count). The Morgan fingerprint density at radius 3 is 2.06 bits per heavy atom. The molecule has 0 spiro atoms. The summed E-state index contributed by atoms with van der Waals surface area (Å²) in [6, 6.07) is 0. The number of amides is 1. The van der Waals surface area contributed by atoms with Gasteiger partial charge in [0.05, 0.1) is 5.60 Å². The normalized spacial score (nSPS) is 12.6. The molecule has 0 heterocycles. The summed E-state index contributed by atoms with van der Waals surface area (Å²) in [4.78, 5) is 11.4. The quantitative estimate of drug-likeness (QED) is 0.687. The second kappa shape index (κ2) is 7.74. The summed E-state index contributed by atoms with van der Waals surface area (Å²) in [6.45, 7) is 14.1. The van der Waals surface area contributed by atoms with Crippen molar-refractivity contribution in [2.24, 2.45) is 0 Å². The summed E-state index contributed by atoms with van der Waals surface area (Å²) in [5.74, 6) is -0.0336. The largest absolute Gasteiger partial charge is 0.366 e. The Balaban J connectivity index is 3.42. The van der Waals surface area contributed by atoms with Crippen molar-refractivity contribution in [3.63, 3.8) is 0 Å². The SMILES string of the molecule is CC(C)(C)NCCCCNC(=O)COC(C)(C)C. The van der Waals surface area contributed by atoms with Crippen LogP contribution in [0.3, 0.4) is 0 Å². The van der Waals surface area contributed by atoms with Crippen molar-refractivity contribution in [2.75, 3.05) is 19.7 Å². The van der Waals surface area contributed by atoms with Gasteiger partial charge in [0.15, 0.2) is 0 Å². The van der Waals surface area contributed by atoms with Crippen LogP contribution in [0.15, 0.2) is 0 Å². The molecule has 108 valence electrons. The van der Waals surface area contributed by atoms with Crippen molar-refractivity contribution in [3.05, 3.63) is 0 Å². The molecule has 0 unspecified atom stereocenters. The lowest BCUT2D eigenvalue weighted by Crippen LogP contribution is -2.37. The molecule has 0 saturated carbocycles. The first-order chi connectivity index (χ1) is 8.10. The predicted molar refractivity (Wildman–Crippen MR) is 75.7 cm³/mol. The van der Waals surface area contributed by atoms with Gasteiger partial charge in [0.25, 0.3) is 0 Å². The lowest BCUT2D eigenvalue weighted by atomic mass is 10.1. The van der Waals surface area contributed by atoms with E-state index >= 15 is 0 Å². The molecule has 0 radical (unpaired) electrons. The lowest BCUT2D eigenvalue weighted by Gasteiger charge is -2.20. The molecule has 0 bridgehead atoms. The van der Waals surface area contributed by atoms with Crippen LogP contribution in [0.4, 0.5) is 0 Å². The number of nitrogens with one attached hydrogen (secondary N) is 2. The Bertz CT molecular complexity index is 239. The van der Waals surface area contributed by atoms with Gasteiger partial charge in [-0.1, -0.05) is 0 Å². The van der Waals surface area contributed by atoms with Gasteiger partial charge in [0.2, 0.25) is 5.91 Å². The van der Waals surface area contributed by atoms with Crippen LogP contribution in [0, 0.1) is 0 Å². The van der Waals surface area contributed by atoms with Crippen molar-refractivity contribution in [2.45, 2.75) is 65.5 Å². The van der Waals surface area contributed by atoms with Crippen LogP contribution in [-0.2, 0) is 9.53 Å². The molecule has 0 aliphatic carbocycles. The number of ether oxygens (including phenoxy) is 1. The van der Waals surface area contributed by atoms with Gasteiger partial charge in [0, 0.05) is 12.1 Å². The number of rotatable bonds is 7. The maximum atomic E-state index is 11.4. The van der Waals surface area contributed by atoms with Gasteiger partial charge in [-0.2, -0.15) is 0 Å². The van der Waals surface area contributed by atoms with E-state index in [4.69, 9.17) is 4.74 Å². The maximum absolute atomic E-state index is 11.4. The molecule has 4 nitrogen and oxygen atoms in total. The van der Waals surface area contributed by atoms with Gasteiger partial charge in [-0.3, -0.25) is 4.79 Å². The number of hydrogen-bond acceptors (Lipinski definition) is 3. The molecule has 0 saturated heterocycles. The predicted octanol–water partition coefficient (Wildman–Crippen LogP) is 2.09. The first-order valence-electron chi connectivity index (χ1n) is 6.76. The molecular formula is C14H30N2O2. The molecule has 0 aromatic carbocycles. The molecule has 0 aromatic rings. The van der Waals surface area contributed by atoms with E-state index in [1.807, 2.05) is 20.8 Å². The third-order valence-corrected chi connectivity index (χ3v) is 2.22. The van der Waals surface area contributed by atoms with Gasteiger partial charge in [-0.25, -0.2) is 0 Å². The fourth-order valence-corrected chi connectivity index (χ4v) is 1.27. The zero-order valence-electron chi connectivity index (χ0n) is 12.9. The Morgan fingerprint density at radius 1 is 1.00 bits per heavy atom. The van der Waals surface area contributed by atoms with Crippen molar-refractivity contribution >= 4 is 5.91 Å². The molecule has 0 aromatic heterocycles. The topological polar surface area (TPSA) is 50.4 Å². The third-order valence-electron chi connectivity index (χ3n) is 2.22. The minimum absolute atomic E-state index is 0.0336. The maximum Gasteiger partial charge on any atom is 0.246 e. The monoisotopic (exact) mass is 258 g/mol. The minimum atomic E-state index is -0.256. The summed E-state index contributed by atoms with van der Waals surface area (Å²) >= 11 is 0. The highest BCUT2D eigenvalue weighted by atomic mass is 16.5. The van der Waals surface area contributed by atoms with E-state index in [-0.39, 0.29) is 23.7 Å². The van der Waals surface area contributed by atoms with Crippen LogP contribution in [0.25, 0.3) is 0 Å². The molecule has 0 fully saturated rings. The molecule has 0 aliphatic rings. The van der Waals surface area contributed by atoms with Gasteiger partial charge in [0.1, 0.15) is 6.61 Å². The van der Waals surface area contributed by atoms with E-state index in [1.165, 1.54) is 0 Å². The third kappa shape index (κ3) is 13.5. The second-order valence-corrected chi connectivity index (χ2v) is 6.63. The Labute approximate surface area is 112 Å². The second-order valence-electron chi connectivity index (χ2n) is 6.63. The number of hydrogen-bond donors (Lipinski definition) is 2. The molecule has 1 amide bonds. The van der Waals surface area contributed by atoms with E-state index in [0.29, 0.717) is 0 Å². The zero-order valence-corrected chi connectivity index (χ0v) is 12.9. The average Bonchev–Trinajstić information content (AvgIpc) is 2.17. The van der Waals surface area contributed by atoms with Crippen LogP contribution >= 0.6 is 0 Å². The Morgan fingerprint density at radius 2 is 1.56 bits per heavy atom. The van der Waals surface area contributed by atoms with E-state index in [1.54, 1.807) is 0 Å². The highest BCUT2D eigenvalue weighted by Gasteiger charge is 2.12. The molecule has 2 N–H and O–H groups in total. The number of carbonyl (C=O) groups excluding carboxylic acids is 1. The van der Waals surface area contributed by atoms with Crippen LogP contribution in [0.1, 0.15) is 54.4 Å². The molecule has 0 aliphatic heterocycles. The van der Waals surface area contributed by atoms with Crippen LogP contribution in [0.2, 0.25) is 0 Å². The summed E-state index contributed by atoms with van der Waals surface area (Å²) in [7, 11) is 0. The van der Waals surface area contributed by atoms with Crippen molar-refractivity contribution in [1.82, 2.24) is 10.6 Å². The number of unbranched alkanes of at least 4 members (excludes halogenated alkanes) is 1. The number of carbonyl (C=O) groups is 1. The van der Waals surface area contributed by atoms with Gasteiger partial charge in [-0.05, 0) is 60.9 Å². The van der Waals surface area contributed by atoms with Crippen LogP contribution in [-0.4, -0.2) is 36.7 Å². The lowest BCUT2D eigenvalue weighted by molar-refractivity contribution is -0.130. The standard InChI is InChI=1S/C14H30N2O2/c1-13(2,3)16-10-8-7-9-15-12(17)11-18-14(4,5)6/h16H,7-11H2,1-6H3,(H,15,17). The fourth-order valence-electron chi connectivity index (χ4n) is 1.27. The minimum Gasteiger partial charge on any atom is -0.366 e. The van der Waals surface area contributed by atoms with Crippen molar-refractivity contribution in [3.8, 4) is 0 Å². The van der Waals surface area contributed by atoms with Gasteiger partial charge in [-0.15, -0.1) is 0 Å². The fraction of sp³-hybridized carbons (Fsp3) is 0.929. The Kier molecular flexibility index (Phi) is 7.48. The van der Waals surface area contributed by atoms with Gasteiger partial charge < -0.3 is 15.4 Å². The summed E-state index contributed by atoms with van der Waals surface area (Å²) in [6.07, 6.45) is 2.06. The van der Waals surface area contributed by atoms with E-state index in [2.05, 4.69) is 31.4 Å². The summed E-state index contributed by atoms with van der Waals surface area (Å²) < 4.78 is 5.39. The Hall–Kier alpha value is -0.610. The van der Waals surface area contributed by atoms with Crippen molar-refractivity contribution in [1.29, 1.82) is 0 Å². The first-order valence-corrected chi connectivity index (χ1v) is 6.76. The molecule has 18 heavy (non-hydrogen) atoms. The van der Waals surface area contributed by atoms with Crippen LogP contribution < -0.4 is 10.6 Å². The molecule has 0 atom stereocenters. The highest BCUT2D eigenvalue weighted by Crippen LogP contribution is 2.05. The van der Waals surface area contributed by atoms with Crippen LogP contribution in [0.5, 0.6) is 0 Å². The van der Waals surface area contributed by atoms with Crippen molar-refractivity contribution < 1.29 is 9.53 Å². The molecule has 4 heteroatoms. The summed E-state index contributed by atoms with van der Waals surface area (Å²) in [5, 5.41) is 6.28. The smallest absolute Gasteiger partial charge is 0.246 e. The summed E-state index contributed by atoms with van der Waals surface area (Å²) in [5.41, 5.74) is -0.0856. The van der Waals surface area contributed by atoms with E-state index < -0.39 is 0 Å². The van der Waals surface area contributed by atoms with E-state index in [0.717, 1.165) is 25.9 Å². The first kappa shape index (κ1) is 17.4. The van der Waals surface area contributed by atoms with E-state index in [9.17, 15) is 4.79 Å². The zero-order chi connectivity index (χ0) is 14.2. The highest BCUT2D eigenvalue weighted by molar-refractivity contribution is 5.77. The van der Waals surface area contributed by atoms with Gasteiger partial charge >= 0.3 is 0 Å².